The fourth-order valence-corrected chi connectivity index (χ4v) is 2.30. The number of ketones is 1. The van der Waals surface area contributed by atoms with Gasteiger partial charge in [0.1, 0.15) is 0 Å². The maximum atomic E-state index is 12.4. The van der Waals surface area contributed by atoms with Crippen LogP contribution in [0.1, 0.15) is 23.2 Å². The molecule has 0 unspecified atom stereocenters. The van der Waals surface area contributed by atoms with Crippen LogP contribution in [0.15, 0.2) is 42.5 Å². The third-order valence-corrected chi connectivity index (χ3v) is 3.66. The van der Waals surface area contributed by atoms with Crippen molar-refractivity contribution in [2.24, 2.45) is 0 Å². The number of hydrogen-bond donors (Lipinski definition) is 1. The Morgan fingerprint density at radius 2 is 1.77 bits per heavy atom. The average Bonchev–Trinajstić information content (AvgIpc) is 2.60. The number of anilines is 1. The lowest BCUT2D eigenvalue weighted by molar-refractivity contribution is -0.116. The van der Waals surface area contributed by atoms with Gasteiger partial charge in [-0.2, -0.15) is 8.78 Å². The highest BCUT2D eigenvalue weighted by Crippen LogP contribution is 2.31. The molecular formula is C18H16ClF2NO4. The smallest absolute Gasteiger partial charge is 0.387 e. The summed E-state index contributed by atoms with van der Waals surface area (Å²) in [6, 6.07) is 10.5. The van der Waals surface area contributed by atoms with E-state index in [1.54, 1.807) is 24.3 Å². The van der Waals surface area contributed by atoms with Gasteiger partial charge in [-0.25, -0.2) is 0 Å². The molecule has 0 saturated heterocycles. The first-order valence-electron chi connectivity index (χ1n) is 7.60. The largest absolute Gasteiger partial charge is 0.493 e. The summed E-state index contributed by atoms with van der Waals surface area (Å²) in [6.45, 7) is -3.02. The Balaban J connectivity index is 1.94. The van der Waals surface area contributed by atoms with Gasteiger partial charge in [-0.1, -0.05) is 11.6 Å². The molecule has 0 aliphatic heterocycles. The average molecular weight is 384 g/mol. The molecule has 1 N–H and O–H groups in total. The van der Waals surface area contributed by atoms with Crippen LogP contribution in [0.25, 0.3) is 0 Å². The first-order valence-corrected chi connectivity index (χ1v) is 7.98. The summed E-state index contributed by atoms with van der Waals surface area (Å²) in [6.07, 6.45) is -0.0530. The van der Waals surface area contributed by atoms with E-state index in [2.05, 4.69) is 10.1 Å². The Labute approximate surface area is 153 Å². The Morgan fingerprint density at radius 1 is 1.08 bits per heavy atom. The molecular weight excluding hydrogens is 368 g/mol. The zero-order chi connectivity index (χ0) is 19.1. The molecule has 0 radical (unpaired) electrons. The van der Waals surface area contributed by atoms with Gasteiger partial charge in [0.2, 0.25) is 5.91 Å². The lowest BCUT2D eigenvalue weighted by Gasteiger charge is -2.12. The van der Waals surface area contributed by atoms with E-state index in [1.165, 1.54) is 25.3 Å². The van der Waals surface area contributed by atoms with Crippen LogP contribution < -0.4 is 14.8 Å². The minimum atomic E-state index is -3.02. The van der Waals surface area contributed by atoms with Gasteiger partial charge in [-0.3, -0.25) is 9.59 Å². The molecule has 1 amide bonds. The Bertz CT molecular complexity index is 781. The number of nitrogens with one attached hydrogen (secondary N) is 1. The highest BCUT2D eigenvalue weighted by atomic mass is 35.5. The van der Waals surface area contributed by atoms with Crippen LogP contribution in [-0.2, 0) is 4.79 Å². The van der Waals surface area contributed by atoms with Crippen molar-refractivity contribution in [3.8, 4) is 11.5 Å². The number of halogens is 3. The summed E-state index contributed by atoms with van der Waals surface area (Å²) in [5, 5.41) is 3.04. The van der Waals surface area contributed by atoms with Crippen LogP contribution in [0, 0.1) is 0 Å². The quantitative estimate of drug-likeness (QED) is 0.679. The Hall–Kier alpha value is -2.67. The molecule has 26 heavy (non-hydrogen) atoms. The van der Waals surface area contributed by atoms with E-state index < -0.39 is 12.5 Å². The highest BCUT2D eigenvalue weighted by molar-refractivity contribution is 6.30. The molecule has 0 aliphatic carbocycles. The molecule has 2 aromatic rings. The molecule has 2 rings (SSSR count). The first-order chi connectivity index (χ1) is 12.4. The molecule has 138 valence electrons. The van der Waals surface area contributed by atoms with Gasteiger partial charge >= 0.3 is 6.61 Å². The molecule has 0 aromatic heterocycles. The van der Waals surface area contributed by atoms with E-state index in [9.17, 15) is 18.4 Å². The van der Waals surface area contributed by atoms with E-state index in [0.717, 1.165) is 0 Å². The van der Waals surface area contributed by atoms with Crippen molar-refractivity contribution in [3.63, 3.8) is 0 Å². The van der Waals surface area contributed by atoms with Crippen LogP contribution in [0.3, 0.4) is 0 Å². The normalized spacial score (nSPS) is 10.5. The standard InChI is InChI=1S/C18H16ClF2NO4/c1-25-15-8-6-13(10-16(15)26-18(20)21)22-17(24)9-7-14(23)11-2-4-12(19)5-3-11/h2-6,8,10,18H,7,9H2,1H3,(H,22,24). The van der Waals surface area contributed by atoms with Crippen LogP contribution >= 0.6 is 11.6 Å². The van der Waals surface area contributed by atoms with Gasteiger partial charge in [0.25, 0.3) is 0 Å². The number of hydrogen-bond acceptors (Lipinski definition) is 4. The van der Waals surface area contributed by atoms with E-state index in [0.29, 0.717) is 10.6 Å². The summed E-state index contributed by atoms with van der Waals surface area (Å²) in [7, 11) is 1.31. The monoisotopic (exact) mass is 383 g/mol. The minimum absolute atomic E-state index is 0.00398. The van der Waals surface area contributed by atoms with Crippen molar-refractivity contribution < 1.29 is 27.8 Å². The number of methoxy groups -OCH3 is 1. The van der Waals surface area contributed by atoms with Crippen molar-refractivity contribution >= 4 is 29.0 Å². The topological polar surface area (TPSA) is 64.6 Å². The van der Waals surface area contributed by atoms with Crippen LogP contribution in [0.4, 0.5) is 14.5 Å². The summed E-state index contributed by atoms with van der Waals surface area (Å²) >= 11 is 5.76. The lowest BCUT2D eigenvalue weighted by atomic mass is 10.1. The molecule has 0 spiro atoms. The van der Waals surface area contributed by atoms with Crippen molar-refractivity contribution in [2.45, 2.75) is 19.5 Å². The summed E-state index contributed by atoms with van der Waals surface area (Å²) in [5.74, 6) is -0.715. The fraction of sp³-hybridized carbons (Fsp3) is 0.222. The molecule has 0 bridgehead atoms. The minimum Gasteiger partial charge on any atom is -0.493 e. The van der Waals surface area contributed by atoms with Crippen molar-refractivity contribution in [3.05, 3.63) is 53.1 Å². The SMILES string of the molecule is COc1ccc(NC(=O)CCC(=O)c2ccc(Cl)cc2)cc1OC(F)F. The predicted octanol–water partition coefficient (Wildman–Crippen LogP) is 4.55. The highest BCUT2D eigenvalue weighted by Gasteiger charge is 2.13. The van der Waals surface area contributed by atoms with Crippen molar-refractivity contribution in [1.82, 2.24) is 0 Å². The second kappa shape index (κ2) is 9.15. The molecule has 0 atom stereocenters. The molecule has 0 saturated carbocycles. The van der Waals surface area contributed by atoms with Gasteiger partial charge in [-0.15, -0.1) is 0 Å². The number of ether oxygens (including phenoxy) is 2. The number of carbonyl (C=O) groups excluding carboxylic acids is 2. The van der Waals surface area contributed by atoms with Gasteiger partial charge in [0.05, 0.1) is 7.11 Å². The molecule has 2 aromatic carbocycles. The fourth-order valence-electron chi connectivity index (χ4n) is 2.17. The third kappa shape index (κ3) is 5.70. The lowest BCUT2D eigenvalue weighted by Crippen LogP contribution is -2.14. The van der Waals surface area contributed by atoms with Crippen LogP contribution in [-0.4, -0.2) is 25.4 Å². The maximum absolute atomic E-state index is 12.4. The molecule has 0 heterocycles. The van der Waals surface area contributed by atoms with Gasteiger partial charge < -0.3 is 14.8 Å². The second-order valence-corrected chi connectivity index (χ2v) is 5.66. The predicted molar refractivity (Wildman–Crippen MR) is 93.3 cm³/mol. The van der Waals surface area contributed by atoms with Crippen molar-refractivity contribution in [2.75, 3.05) is 12.4 Å². The summed E-state index contributed by atoms with van der Waals surface area (Å²) in [4.78, 5) is 24.0. The van der Waals surface area contributed by atoms with Crippen LogP contribution in [0.5, 0.6) is 11.5 Å². The molecule has 0 fully saturated rings. The van der Waals surface area contributed by atoms with Gasteiger partial charge in [0.15, 0.2) is 17.3 Å². The zero-order valence-corrected chi connectivity index (χ0v) is 14.6. The number of alkyl halides is 2. The number of carbonyl (C=O) groups is 2. The van der Waals surface area contributed by atoms with Gasteiger partial charge in [0, 0.05) is 35.2 Å². The number of Topliss-reactive ketones (excluding diaryl/α,β-unsaturated/α-hetero) is 1. The second-order valence-electron chi connectivity index (χ2n) is 5.22. The Kier molecular flexibility index (Phi) is 6.91. The van der Waals surface area contributed by atoms with E-state index in [-0.39, 0.29) is 35.8 Å². The van der Waals surface area contributed by atoms with Gasteiger partial charge in [-0.05, 0) is 36.4 Å². The number of benzene rings is 2. The van der Waals surface area contributed by atoms with E-state index >= 15 is 0 Å². The van der Waals surface area contributed by atoms with Crippen LogP contribution in [0.2, 0.25) is 5.02 Å². The third-order valence-electron chi connectivity index (χ3n) is 3.41. The van der Waals surface area contributed by atoms with Crippen molar-refractivity contribution in [1.29, 1.82) is 0 Å². The van der Waals surface area contributed by atoms with E-state index in [4.69, 9.17) is 16.3 Å². The molecule has 5 nitrogen and oxygen atoms in total. The maximum Gasteiger partial charge on any atom is 0.387 e. The zero-order valence-electron chi connectivity index (χ0n) is 13.8. The number of amides is 1. The molecule has 0 aliphatic rings. The number of rotatable bonds is 8. The summed E-state index contributed by atoms with van der Waals surface area (Å²) in [5.41, 5.74) is 0.713. The first kappa shape index (κ1) is 19.7. The molecule has 8 heteroatoms. The summed E-state index contributed by atoms with van der Waals surface area (Å²) < 4.78 is 34.1. The van der Waals surface area contributed by atoms with E-state index in [1.807, 2.05) is 0 Å². The Morgan fingerprint density at radius 3 is 2.38 bits per heavy atom.